The van der Waals surface area contributed by atoms with Gasteiger partial charge in [-0.25, -0.2) is 9.18 Å². The third-order valence-corrected chi connectivity index (χ3v) is 3.33. The van der Waals surface area contributed by atoms with E-state index in [4.69, 9.17) is 0 Å². The number of methoxy groups -OCH3 is 1. The normalized spacial score (nSPS) is 14.9. The van der Waals surface area contributed by atoms with Gasteiger partial charge < -0.3 is 4.74 Å². The number of hydrogen-bond acceptors (Lipinski definition) is 2. The summed E-state index contributed by atoms with van der Waals surface area (Å²) in [5, 5.41) is 0. The highest BCUT2D eigenvalue weighted by atomic mass is 19.4. The summed E-state index contributed by atoms with van der Waals surface area (Å²) in [6.45, 7) is 2.10. The second kappa shape index (κ2) is 9.19. The summed E-state index contributed by atoms with van der Waals surface area (Å²) in [7, 11) is 0.760. The lowest BCUT2D eigenvalue weighted by atomic mass is 9.96. The molecule has 6 heteroatoms. The summed E-state index contributed by atoms with van der Waals surface area (Å²) >= 11 is 0. The van der Waals surface area contributed by atoms with Gasteiger partial charge in [-0.1, -0.05) is 51.9 Å². The number of ether oxygens (including phenoxy) is 1. The Bertz CT molecular complexity index is 279. The number of rotatable bonds is 10. The van der Waals surface area contributed by atoms with Gasteiger partial charge in [-0.3, -0.25) is 0 Å². The minimum atomic E-state index is -5.22. The van der Waals surface area contributed by atoms with Crippen LogP contribution in [0.1, 0.15) is 64.7 Å². The summed E-state index contributed by atoms with van der Waals surface area (Å²) < 4.78 is 55.4. The van der Waals surface area contributed by atoms with E-state index < -0.39 is 24.2 Å². The van der Waals surface area contributed by atoms with E-state index in [0.29, 0.717) is 6.42 Å². The maximum Gasteiger partial charge on any atom is 0.433 e. The van der Waals surface area contributed by atoms with Gasteiger partial charge in [0, 0.05) is 6.42 Å². The summed E-state index contributed by atoms with van der Waals surface area (Å²) in [6, 6.07) is 0. The average molecular weight is 300 g/mol. The molecule has 120 valence electrons. The third kappa shape index (κ3) is 6.09. The highest BCUT2D eigenvalue weighted by Crippen LogP contribution is 2.39. The summed E-state index contributed by atoms with van der Waals surface area (Å²) in [5.74, 6) is -1.85. The van der Waals surface area contributed by atoms with Crippen LogP contribution in [0, 0.1) is 0 Å². The molecule has 0 saturated carbocycles. The smallest absolute Gasteiger partial charge is 0.433 e. The van der Waals surface area contributed by atoms with Gasteiger partial charge in [0.2, 0.25) is 0 Å². The summed E-state index contributed by atoms with van der Waals surface area (Å²) in [4.78, 5) is 11.0. The van der Waals surface area contributed by atoms with Crippen molar-refractivity contribution in [3.63, 3.8) is 0 Å². The first-order valence-corrected chi connectivity index (χ1v) is 7.13. The van der Waals surface area contributed by atoms with E-state index in [0.717, 1.165) is 45.6 Å². The lowest BCUT2D eigenvalue weighted by molar-refractivity contribution is -0.239. The Labute approximate surface area is 117 Å². The second-order valence-corrected chi connectivity index (χ2v) is 5.02. The topological polar surface area (TPSA) is 26.3 Å². The van der Waals surface area contributed by atoms with Crippen molar-refractivity contribution in [2.24, 2.45) is 0 Å². The van der Waals surface area contributed by atoms with Crippen molar-refractivity contribution in [3.8, 4) is 0 Å². The van der Waals surface area contributed by atoms with Crippen LogP contribution in [-0.2, 0) is 9.53 Å². The molecular formula is C14H24F4O2. The Hall–Kier alpha value is -0.810. The molecule has 1 atom stereocenters. The lowest BCUT2D eigenvalue weighted by Crippen LogP contribution is -2.48. The number of carbonyl (C=O) groups is 1. The fraction of sp³-hybridized carbons (Fsp3) is 0.929. The average Bonchev–Trinajstić information content (AvgIpc) is 2.39. The molecule has 0 aromatic heterocycles. The quantitative estimate of drug-likeness (QED) is 0.324. The Morgan fingerprint density at radius 2 is 1.35 bits per heavy atom. The van der Waals surface area contributed by atoms with Crippen molar-refractivity contribution in [1.82, 2.24) is 0 Å². The molecule has 2 nitrogen and oxygen atoms in total. The van der Waals surface area contributed by atoms with Gasteiger partial charge >= 0.3 is 17.8 Å². The zero-order chi connectivity index (χ0) is 15.6. The van der Waals surface area contributed by atoms with Gasteiger partial charge in [-0.05, 0) is 6.42 Å². The van der Waals surface area contributed by atoms with Crippen LogP contribution in [0.15, 0.2) is 0 Å². The fourth-order valence-electron chi connectivity index (χ4n) is 2.02. The van der Waals surface area contributed by atoms with Crippen molar-refractivity contribution in [1.29, 1.82) is 0 Å². The fourth-order valence-corrected chi connectivity index (χ4v) is 2.02. The van der Waals surface area contributed by atoms with Crippen LogP contribution in [0.5, 0.6) is 0 Å². The first-order valence-electron chi connectivity index (χ1n) is 7.13. The van der Waals surface area contributed by atoms with Gasteiger partial charge in [0.25, 0.3) is 0 Å². The molecule has 0 N–H and O–H groups in total. The molecule has 20 heavy (non-hydrogen) atoms. The van der Waals surface area contributed by atoms with E-state index in [1.54, 1.807) is 0 Å². The standard InChI is InChI=1S/C14H24F4O2/c1-3-4-5-6-7-8-9-10-11-13(15,12(19)20-2)14(16,17)18/h3-11H2,1-2H3. The van der Waals surface area contributed by atoms with Crippen LogP contribution < -0.4 is 0 Å². The molecule has 0 aliphatic rings. The van der Waals surface area contributed by atoms with Crippen LogP contribution in [-0.4, -0.2) is 24.9 Å². The number of carbonyl (C=O) groups excluding carboxylic acids is 1. The lowest BCUT2D eigenvalue weighted by Gasteiger charge is -2.25. The van der Waals surface area contributed by atoms with Crippen LogP contribution in [0.25, 0.3) is 0 Å². The summed E-state index contributed by atoms with van der Waals surface area (Å²) in [5.41, 5.74) is -3.87. The van der Waals surface area contributed by atoms with Crippen LogP contribution >= 0.6 is 0 Å². The number of hydrogen-bond donors (Lipinski definition) is 0. The largest absolute Gasteiger partial charge is 0.466 e. The first-order chi connectivity index (χ1) is 9.29. The molecule has 0 fully saturated rings. The number of halogens is 4. The number of unbranched alkanes of at least 4 members (excludes halogenated alkanes) is 7. The van der Waals surface area contributed by atoms with Crippen molar-refractivity contribution >= 4 is 5.97 Å². The Morgan fingerprint density at radius 1 is 0.900 bits per heavy atom. The van der Waals surface area contributed by atoms with Crippen LogP contribution in [0.4, 0.5) is 17.6 Å². The van der Waals surface area contributed by atoms with Crippen molar-refractivity contribution in [3.05, 3.63) is 0 Å². The van der Waals surface area contributed by atoms with Gasteiger partial charge in [-0.2, -0.15) is 13.2 Å². The van der Waals surface area contributed by atoms with Gasteiger partial charge in [0.05, 0.1) is 7.11 Å². The third-order valence-electron chi connectivity index (χ3n) is 3.33. The Kier molecular flexibility index (Phi) is 8.81. The molecule has 0 rings (SSSR count). The number of alkyl halides is 4. The zero-order valence-corrected chi connectivity index (χ0v) is 12.2. The van der Waals surface area contributed by atoms with Crippen LogP contribution in [0.3, 0.4) is 0 Å². The van der Waals surface area contributed by atoms with Crippen molar-refractivity contribution in [2.45, 2.75) is 76.6 Å². The zero-order valence-electron chi connectivity index (χ0n) is 12.2. The number of esters is 1. The highest BCUT2D eigenvalue weighted by Gasteiger charge is 2.62. The summed E-state index contributed by atoms with van der Waals surface area (Å²) in [6.07, 6.45) is 0.587. The molecule has 0 aromatic carbocycles. The molecule has 0 radical (unpaired) electrons. The van der Waals surface area contributed by atoms with Gasteiger partial charge in [-0.15, -0.1) is 0 Å². The molecule has 0 amide bonds. The molecule has 0 spiro atoms. The Balaban J connectivity index is 4.03. The van der Waals surface area contributed by atoms with E-state index in [-0.39, 0.29) is 6.42 Å². The maximum atomic E-state index is 13.8. The second-order valence-electron chi connectivity index (χ2n) is 5.02. The van der Waals surface area contributed by atoms with E-state index in [2.05, 4.69) is 11.7 Å². The van der Waals surface area contributed by atoms with E-state index in [1.165, 1.54) is 0 Å². The molecule has 0 aliphatic heterocycles. The molecule has 1 unspecified atom stereocenters. The highest BCUT2D eigenvalue weighted by molar-refractivity contribution is 5.80. The molecular weight excluding hydrogens is 276 g/mol. The predicted molar refractivity (Wildman–Crippen MR) is 69.1 cm³/mol. The predicted octanol–water partition coefficient (Wildman–Crippen LogP) is 4.96. The van der Waals surface area contributed by atoms with E-state index >= 15 is 0 Å². The minimum absolute atomic E-state index is 0.0267. The molecule has 0 aromatic rings. The molecule has 0 bridgehead atoms. The Morgan fingerprint density at radius 3 is 1.75 bits per heavy atom. The SMILES string of the molecule is CCCCCCCCCCC(F)(C(=O)OC)C(F)(F)F. The molecule has 0 heterocycles. The van der Waals surface area contributed by atoms with E-state index in [1.807, 2.05) is 0 Å². The minimum Gasteiger partial charge on any atom is -0.466 e. The first kappa shape index (κ1) is 19.2. The molecule has 0 saturated heterocycles. The molecule has 0 aliphatic carbocycles. The maximum absolute atomic E-state index is 13.8. The van der Waals surface area contributed by atoms with Crippen molar-refractivity contribution in [2.75, 3.05) is 7.11 Å². The monoisotopic (exact) mass is 300 g/mol. The van der Waals surface area contributed by atoms with Crippen LogP contribution in [0.2, 0.25) is 0 Å². The van der Waals surface area contributed by atoms with Gasteiger partial charge in [0.1, 0.15) is 0 Å². The van der Waals surface area contributed by atoms with E-state index in [9.17, 15) is 22.4 Å². The van der Waals surface area contributed by atoms with Crippen molar-refractivity contribution < 1.29 is 27.1 Å². The van der Waals surface area contributed by atoms with Gasteiger partial charge in [0.15, 0.2) is 0 Å².